The van der Waals surface area contributed by atoms with Gasteiger partial charge in [0.2, 0.25) is 0 Å². The topological polar surface area (TPSA) is 58.9 Å². The number of aliphatic hydroxyl groups is 1. The Morgan fingerprint density at radius 1 is 1.16 bits per heavy atom. The molecule has 2 aromatic carbocycles. The number of rotatable bonds is 7. The molecule has 32 heavy (non-hydrogen) atoms. The van der Waals surface area contributed by atoms with Gasteiger partial charge in [-0.1, -0.05) is 0 Å². The van der Waals surface area contributed by atoms with Crippen LogP contribution in [0.15, 0.2) is 70.7 Å². The molecule has 5 heteroatoms. The van der Waals surface area contributed by atoms with Crippen LogP contribution in [0.3, 0.4) is 0 Å². The average molecular weight is 499 g/mol. The maximum atomic E-state index is 12.6. The first-order valence-electron chi connectivity index (χ1n) is 11.4. The summed E-state index contributed by atoms with van der Waals surface area (Å²) >= 11 is -1.72. The van der Waals surface area contributed by atoms with E-state index in [0.717, 1.165) is 34.6 Å². The Balaban J connectivity index is 1.51. The Morgan fingerprint density at radius 2 is 1.84 bits per heavy atom. The van der Waals surface area contributed by atoms with Gasteiger partial charge in [-0.05, 0) is 0 Å². The second-order valence-corrected chi connectivity index (χ2v) is 13.2. The standard InChI is InChI=1S/C27H33NO3Se/c1-26(2)23-15-16-27(26,24(29)18-23)20-32(17-9-14-21-10-5-3-6-11-21)28-25(30)31-19-22-12-7-4-8-13-22/h3-14,23-24,29H,15-20H2,1-2H3/b14-9+/t23-,24-,27-,32?/m1/s1. The van der Waals surface area contributed by atoms with Gasteiger partial charge in [0.25, 0.3) is 0 Å². The first kappa shape index (κ1) is 23.1. The SMILES string of the molecule is CC1(C)[C@@H]2CC[C@@]1(C/[Se](C/C=C/c1ccccc1)=N/C(=O)OCc1ccccc1)[C@H](O)C2. The van der Waals surface area contributed by atoms with Crippen LogP contribution in [0.5, 0.6) is 0 Å². The number of carbonyl (C=O) groups is 1. The first-order chi connectivity index (χ1) is 15.4. The van der Waals surface area contributed by atoms with Gasteiger partial charge in [-0.2, -0.15) is 0 Å². The van der Waals surface area contributed by atoms with Gasteiger partial charge in [0.15, 0.2) is 0 Å². The third-order valence-corrected chi connectivity index (χ3v) is 11.5. The Bertz CT molecular complexity index is 986. The molecule has 4 nitrogen and oxygen atoms in total. The molecule has 0 saturated heterocycles. The van der Waals surface area contributed by atoms with Crippen LogP contribution in [-0.2, 0) is 11.3 Å². The molecular formula is C27H33NO3Se. The fourth-order valence-electron chi connectivity index (χ4n) is 5.52. The van der Waals surface area contributed by atoms with Gasteiger partial charge in [-0.25, -0.2) is 0 Å². The Kier molecular flexibility index (Phi) is 7.09. The molecule has 2 aliphatic carbocycles. The molecule has 0 radical (unpaired) electrons. The molecule has 1 N–H and O–H groups in total. The van der Waals surface area contributed by atoms with E-state index >= 15 is 0 Å². The fraction of sp³-hybridized carbons (Fsp3) is 0.444. The van der Waals surface area contributed by atoms with E-state index in [2.05, 4.69) is 42.1 Å². The van der Waals surface area contributed by atoms with Crippen molar-refractivity contribution in [1.29, 1.82) is 0 Å². The molecule has 2 saturated carbocycles. The first-order valence-corrected chi connectivity index (χ1v) is 14.6. The van der Waals surface area contributed by atoms with Crippen LogP contribution in [0.25, 0.3) is 6.08 Å². The van der Waals surface area contributed by atoms with E-state index in [1.165, 1.54) is 6.42 Å². The van der Waals surface area contributed by atoms with Crippen molar-refractivity contribution in [2.24, 2.45) is 20.7 Å². The number of ether oxygens (including phenoxy) is 1. The average Bonchev–Trinajstić information content (AvgIpc) is 3.14. The van der Waals surface area contributed by atoms with E-state index in [-0.39, 0.29) is 23.5 Å². The number of amides is 1. The monoisotopic (exact) mass is 499 g/mol. The number of fused-ring (bicyclic) bond motifs is 2. The molecule has 170 valence electrons. The molecule has 0 aliphatic heterocycles. The summed E-state index contributed by atoms with van der Waals surface area (Å²) in [6, 6.07) is 19.9. The van der Waals surface area contributed by atoms with E-state index in [1.807, 2.05) is 48.5 Å². The summed E-state index contributed by atoms with van der Waals surface area (Å²) in [5.74, 6) is 0.564. The van der Waals surface area contributed by atoms with Crippen LogP contribution in [0.2, 0.25) is 10.6 Å². The van der Waals surface area contributed by atoms with E-state index < -0.39 is 19.8 Å². The van der Waals surface area contributed by atoms with Gasteiger partial charge in [-0.3, -0.25) is 0 Å². The fourth-order valence-corrected chi connectivity index (χ4v) is 10.0. The number of benzene rings is 2. The number of carbonyl (C=O) groups excluding carboxylic acids is 1. The molecule has 2 aromatic rings. The van der Waals surface area contributed by atoms with Gasteiger partial charge in [0.05, 0.1) is 0 Å². The number of nitrogens with zero attached hydrogens (tertiary/aromatic N) is 1. The Labute approximate surface area is 195 Å². The zero-order valence-electron chi connectivity index (χ0n) is 18.9. The van der Waals surface area contributed by atoms with Crippen molar-refractivity contribution in [3.63, 3.8) is 0 Å². The van der Waals surface area contributed by atoms with Crippen molar-refractivity contribution in [3.05, 3.63) is 77.9 Å². The molecule has 0 aromatic heterocycles. The maximum absolute atomic E-state index is 12.6. The van der Waals surface area contributed by atoms with Crippen molar-refractivity contribution in [2.75, 3.05) is 0 Å². The quantitative estimate of drug-likeness (QED) is 0.445. The summed E-state index contributed by atoms with van der Waals surface area (Å²) in [7, 11) is 0. The Hall–Kier alpha value is -2.07. The third-order valence-electron chi connectivity index (χ3n) is 7.62. The number of aliphatic hydroxyl groups excluding tert-OH is 1. The van der Waals surface area contributed by atoms with Gasteiger partial charge in [0.1, 0.15) is 0 Å². The van der Waals surface area contributed by atoms with Crippen LogP contribution < -0.4 is 0 Å². The summed E-state index contributed by atoms with van der Waals surface area (Å²) in [5, 5.41) is 12.6. The zero-order valence-corrected chi connectivity index (χ0v) is 20.7. The van der Waals surface area contributed by atoms with E-state index in [9.17, 15) is 9.90 Å². The summed E-state index contributed by atoms with van der Waals surface area (Å²) in [6.07, 6.45) is 6.56. The van der Waals surface area contributed by atoms with Gasteiger partial charge < -0.3 is 0 Å². The second kappa shape index (κ2) is 9.82. The van der Waals surface area contributed by atoms with E-state index in [0.29, 0.717) is 5.92 Å². The molecule has 0 heterocycles. The molecule has 4 atom stereocenters. The van der Waals surface area contributed by atoms with Crippen molar-refractivity contribution in [3.8, 4) is 0 Å². The zero-order chi connectivity index (χ0) is 22.6. The molecule has 0 spiro atoms. The molecule has 2 fully saturated rings. The second-order valence-electron chi connectivity index (χ2n) is 9.58. The van der Waals surface area contributed by atoms with Gasteiger partial charge >= 0.3 is 196 Å². The molecule has 4 rings (SSSR count). The number of hydrogen-bond donors (Lipinski definition) is 1. The van der Waals surface area contributed by atoms with E-state index in [4.69, 9.17) is 4.74 Å². The van der Waals surface area contributed by atoms with Crippen LogP contribution in [-0.4, -0.2) is 31.0 Å². The van der Waals surface area contributed by atoms with E-state index in [1.54, 1.807) is 0 Å². The van der Waals surface area contributed by atoms with Crippen LogP contribution >= 0.6 is 0 Å². The summed E-state index contributed by atoms with van der Waals surface area (Å²) in [6.45, 7) is 4.85. The predicted octanol–water partition coefficient (Wildman–Crippen LogP) is 6.48. The number of allylic oxidation sites excluding steroid dienone is 1. The Morgan fingerprint density at radius 3 is 2.47 bits per heavy atom. The molecule has 2 bridgehead atoms. The minimum absolute atomic E-state index is 0.0841. The van der Waals surface area contributed by atoms with Gasteiger partial charge in [0, 0.05) is 0 Å². The predicted molar refractivity (Wildman–Crippen MR) is 129 cm³/mol. The van der Waals surface area contributed by atoms with Crippen LogP contribution in [0.1, 0.15) is 44.2 Å². The molecular weight excluding hydrogens is 465 g/mol. The van der Waals surface area contributed by atoms with Crippen molar-refractivity contribution < 1.29 is 14.6 Å². The minimum atomic E-state index is -1.72. The van der Waals surface area contributed by atoms with Crippen molar-refractivity contribution in [1.82, 2.24) is 0 Å². The van der Waals surface area contributed by atoms with Crippen molar-refractivity contribution >= 4 is 25.9 Å². The summed E-state index contributed by atoms with van der Waals surface area (Å²) in [4.78, 5) is 12.6. The number of hydrogen-bond acceptors (Lipinski definition) is 3. The van der Waals surface area contributed by atoms with Crippen LogP contribution in [0.4, 0.5) is 4.79 Å². The summed E-state index contributed by atoms with van der Waals surface area (Å²) < 4.78 is 10.1. The molecule has 1 unspecified atom stereocenters. The normalized spacial score (nSPS) is 27.1. The molecule has 1 amide bonds. The van der Waals surface area contributed by atoms with Gasteiger partial charge in [-0.15, -0.1) is 0 Å². The van der Waals surface area contributed by atoms with Crippen molar-refractivity contribution in [2.45, 2.75) is 56.5 Å². The summed E-state index contributed by atoms with van der Waals surface area (Å²) in [5.41, 5.74) is 2.05. The molecule has 2 aliphatic rings. The third kappa shape index (κ3) is 4.80. The van der Waals surface area contributed by atoms with Crippen LogP contribution in [0, 0.1) is 16.7 Å².